The van der Waals surface area contributed by atoms with Crippen LogP contribution in [-0.4, -0.2) is 24.4 Å². The minimum atomic E-state index is -0.0356. The molecule has 0 heterocycles. The maximum Gasteiger partial charge on any atom is 0.223 e. The van der Waals surface area contributed by atoms with Crippen molar-refractivity contribution in [2.45, 2.75) is 52.0 Å². The molecule has 0 radical (unpaired) electrons. The lowest BCUT2D eigenvalue weighted by Crippen LogP contribution is -2.34. The lowest BCUT2D eigenvalue weighted by Gasteiger charge is -2.21. The summed E-state index contributed by atoms with van der Waals surface area (Å²) >= 11 is 0. The summed E-state index contributed by atoms with van der Waals surface area (Å²) in [7, 11) is 0. The van der Waals surface area contributed by atoms with Crippen LogP contribution in [0.3, 0.4) is 0 Å². The largest absolute Gasteiger partial charge is 0.353 e. The van der Waals surface area contributed by atoms with Gasteiger partial charge in [-0.1, -0.05) is 26.0 Å². The molecule has 21 heavy (non-hydrogen) atoms. The summed E-state index contributed by atoms with van der Waals surface area (Å²) in [5, 5.41) is 2.95. The van der Waals surface area contributed by atoms with Crippen molar-refractivity contribution in [3.63, 3.8) is 0 Å². The summed E-state index contributed by atoms with van der Waals surface area (Å²) in [6.45, 7) is 6.24. The van der Waals surface area contributed by atoms with Crippen LogP contribution < -0.4 is 10.2 Å². The maximum atomic E-state index is 11.8. The van der Waals surface area contributed by atoms with Gasteiger partial charge in [-0.2, -0.15) is 0 Å². The Labute approximate surface area is 126 Å². The molecule has 0 spiro atoms. The Hall–Kier alpha value is -1.84. The summed E-state index contributed by atoms with van der Waals surface area (Å²) in [6.07, 6.45) is 2.51. The lowest BCUT2D eigenvalue weighted by atomic mass is 10.0. The van der Waals surface area contributed by atoms with Crippen LogP contribution in [0.1, 0.15) is 51.5 Å². The van der Waals surface area contributed by atoms with Crippen molar-refractivity contribution in [3.05, 3.63) is 29.8 Å². The summed E-state index contributed by atoms with van der Waals surface area (Å²) < 4.78 is 0. The fourth-order valence-corrected chi connectivity index (χ4v) is 2.25. The third-order valence-corrected chi connectivity index (χ3v) is 3.76. The highest BCUT2D eigenvalue weighted by molar-refractivity contribution is 5.92. The van der Waals surface area contributed by atoms with Gasteiger partial charge in [-0.15, -0.1) is 0 Å². The number of nitrogens with zero attached hydrogens (tertiary/aromatic N) is 1. The van der Waals surface area contributed by atoms with E-state index in [9.17, 15) is 9.59 Å². The number of benzene rings is 1. The molecule has 0 atom stereocenters. The van der Waals surface area contributed by atoms with Crippen LogP contribution in [0, 0.1) is 0 Å². The van der Waals surface area contributed by atoms with Crippen LogP contribution in [0.5, 0.6) is 0 Å². The van der Waals surface area contributed by atoms with Crippen LogP contribution >= 0.6 is 0 Å². The number of anilines is 1. The lowest BCUT2D eigenvalue weighted by molar-refractivity contribution is -0.121. The normalized spacial score (nSPS) is 14.1. The summed E-state index contributed by atoms with van der Waals surface area (Å²) in [5.74, 6) is 0.461. The Morgan fingerprint density at radius 1 is 1.24 bits per heavy atom. The van der Waals surface area contributed by atoms with Crippen LogP contribution in [0.15, 0.2) is 24.3 Å². The van der Waals surface area contributed by atoms with Gasteiger partial charge in [0.15, 0.2) is 0 Å². The zero-order valence-electron chi connectivity index (χ0n) is 13.1. The minimum Gasteiger partial charge on any atom is -0.353 e. The van der Waals surface area contributed by atoms with E-state index in [1.165, 1.54) is 12.5 Å². The van der Waals surface area contributed by atoms with Gasteiger partial charge in [-0.05, 0) is 36.5 Å². The molecular weight excluding hydrogens is 264 g/mol. The summed E-state index contributed by atoms with van der Waals surface area (Å²) in [5.41, 5.74) is 2.10. The van der Waals surface area contributed by atoms with Crippen LogP contribution in [0.4, 0.5) is 5.69 Å². The first kappa shape index (κ1) is 15.5. The van der Waals surface area contributed by atoms with Crippen molar-refractivity contribution in [1.82, 2.24) is 5.32 Å². The Kier molecular flexibility index (Phi) is 4.99. The average Bonchev–Trinajstić information content (AvgIpc) is 3.23. The number of carbonyl (C=O) groups is 2. The smallest absolute Gasteiger partial charge is 0.223 e. The molecule has 0 bridgehead atoms. The average molecular weight is 288 g/mol. The number of hydrogen-bond acceptors (Lipinski definition) is 2. The first-order valence-electron chi connectivity index (χ1n) is 7.65. The summed E-state index contributed by atoms with van der Waals surface area (Å²) in [4.78, 5) is 25.2. The fourth-order valence-electron chi connectivity index (χ4n) is 2.25. The van der Waals surface area contributed by atoms with Crippen molar-refractivity contribution in [3.8, 4) is 0 Å². The van der Waals surface area contributed by atoms with Crippen LogP contribution in [-0.2, 0) is 9.59 Å². The molecule has 1 aromatic rings. The topological polar surface area (TPSA) is 49.4 Å². The van der Waals surface area contributed by atoms with E-state index in [-0.39, 0.29) is 11.8 Å². The molecule has 4 nitrogen and oxygen atoms in total. The zero-order chi connectivity index (χ0) is 15.4. The number of carbonyl (C=O) groups excluding carboxylic acids is 2. The molecule has 1 fully saturated rings. The Morgan fingerprint density at radius 2 is 1.86 bits per heavy atom. The third-order valence-electron chi connectivity index (χ3n) is 3.76. The standard InChI is InChI=1S/C17H24N2O2/c1-12(2)14-4-8-16(9-5-14)19(13(3)20)11-10-17(21)18-15-6-7-15/h4-5,8-9,12,15H,6-7,10-11H2,1-3H3,(H,18,21). The second-order valence-corrected chi connectivity index (χ2v) is 6.01. The van der Waals surface area contributed by atoms with Gasteiger partial charge in [-0.25, -0.2) is 0 Å². The first-order valence-corrected chi connectivity index (χ1v) is 7.65. The van der Waals surface area contributed by atoms with Gasteiger partial charge in [0.25, 0.3) is 0 Å². The number of rotatable bonds is 6. The molecule has 2 amide bonds. The predicted octanol–water partition coefficient (Wildman–Crippen LogP) is 2.83. The fraction of sp³-hybridized carbons (Fsp3) is 0.529. The van der Waals surface area contributed by atoms with E-state index in [4.69, 9.17) is 0 Å². The Morgan fingerprint density at radius 3 is 2.33 bits per heavy atom. The highest BCUT2D eigenvalue weighted by Gasteiger charge is 2.23. The molecule has 0 aliphatic heterocycles. The molecule has 1 aromatic carbocycles. The molecule has 1 saturated carbocycles. The van der Waals surface area contributed by atoms with E-state index in [0.29, 0.717) is 24.9 Å². The highest BCUT2D eigenvalue weighted by Crippen LogP contribution is 2.21. The van der Waals surface area contributed by atoms with E-state index in [1.54, 1.807) is 4.90 Å². The molecule has 1 N–H and O–H groups in total. The second kappa shape index (κ2) is 6.74. The quantitative estimate of drug-likeness (QED) is 0.875. The molecule has 0 unspecified atom stereocenters. The maximum absolute atomic E-state index is 11.8. The summed E-state index contributed by atoms with van der Waals surface area (Å²) in [6, 6.07) is 8.36. The zero-order valence-corrected chi connectivity index (χ0v) is 13.1. The molecule has 114 valence electrons. The van der Waals surface area contributed by atoms with Gasteiger partial charge in [0, 0.05) is 31.6 Å². The molecule has 2 rings (SSSR count). The van der Waals surface area contributed by atoms with E-state index >= 15 is 0 Å². The van der Waals surface area contributed by atoms with Gasteiger partial charge < -0.3 is 10.2 Å². The minimum absolute atomic E-state index is 0.0301. The number of amides is 2. The van der Waals surface area contributed by atoms with E-state index in [0.717, 1.165) is 18.5 Å². The third kappa shape index (κ3) is 4.59. The predicted molar refractivity (Wildman–Crippen MR) is 84.3 cm³/mol. The van der Waals surface area contributed by atoms with Crippen molar-refractivity contribution >= 4 is 17.5 Å². The molecule has 0 saturated heterocycles. The van der Waals surface area contributed by atoms with Gasteiger partial charge in [0.1, 0.15) is 0 Å². The van der Waals surface area contributed by atoms with E-state index in [1.807, 2.05) is 24.3 Å². The van der Waals surface area contributed by atoms with Crippen molar-refractivity contribution < 1.29 is 9.59 Å². The van der Waals surface area contributed by atoms with Crippen molar-refractivity contribution in [2.24, 2.45) is 0 Å². The SMILES string of the molecule is CC(=O)N(CCC(=O)NC1CC1)c1ccc(C(C)C)cc1. The monoisotopic (exact) mass is 288 g/mol. The van der Waals surface area contributed by atoms with Gasteiger partial charge in [0.05, 0.1) is 0 Å². The molecule has 1 aliphatic carbocycles. The van der Waals surface area contributed by atoms with Gasteiger partial charge in [-0.3, -0.25) is 9.59 Å². The second-order valence-electron chi connectivity index (χ2n) is 6.01. The van der Waals surface area contributed by atoms with Crippen molar-refractivity contribution in [1.29, 1.82) is 0 Å². The molecule has 1 aliphatic rings. The molecule has 0 aromatic heterocycles. The number of nitrogens with one attached hydrogen (secondary N) is 1. The Balaban J connectivity index is 1.97. The van der Waals surface area contributed by atoms with Crippen LogP contribution in [0.2, 0.25) is 0 Å². The molecule has 4 heteroatoms. The van der Waals surface area contributed by atoms with E-state index in [2.05, 4.69) is 19.2 Å². The first-order chi connectivity index (χ1) is 9.97. The molecular formula is C17H24N2O2. The highest BCUT2D eigenvalue weighted by atomic mass is 16.2. The number of hydrogen-bond donors (Lipinski definition) is 1. The van der Waals surface area contributed by atoms with E-state index < -0.39 is 0 Å². The van der Waals surface area contributed by atoms with Crippen molar-refractivity contribution in [2.75, 3.05) is 11.4 Å². The van der Waals surface area contributed by atoms with Gasteiger partial charge in [0.2, 0.25) is 11.8 Å². The van der Waals surface area contributed by atoms with Crippen LogP contribution in [0.25, 0.3) is 0 Å². The Bertz CT molecular complexity index is 504. The van der Waals surface area contributed by atoms with Gasteiger partial charge >= 0.3 is 0 Å².